The number of fused-ring (bicyclic) bond motifs is 1. The van der Waals surface area contributed by atoms with Gasteiger partial charge in [-0.25, -0.2) is 0 Å². The maximum absolute atomic E-state index is 6.07. The number of methoxy groups -OCH3 is 1. The van der Waals surface area contributed by atoms with Crippen LogP contribution in [0, 0.1) is 0 Å². The van der Waals surface area contributed by atoms with E-state index < -0.39 is 0 Å². The van der Waals surface area contributed by atoms with Crippen LogP contribution in [0.5, 0.6) is 0 Å². The minimum atomic E-state index is 0.690. The zero-order chi connectivity index (χ0) is 17.1. The Bertz CT molecular complexity index is 846. The third-order valence-corrected chi connectivity index (χ3v) is 4.23. The van der Waals surface area contributed by atoms with Crippen LogP contribution in [0.25, 0.3) is 10.9 Å². The quantitative estimate of drug-likeness (QED) is 0.732. The summed E-state index contributed by atoms with van der Waals surface area (Å²) in [6, 6.07) is 14.0. The number of hydrogen-bond acceptors (Lipinski definition) is 4. The van der Waals surface area contributed by atoms with E-state index in [1.54, 1.807) is 7.11 Å². The summed E-state index contributed by atoms with van der Waals surface area (Å²) in [6.07, 6.45) is 0. The van der Waals surface area contributed by atoms with Crippen molar-refractivity contribution >= 4 is 39.7 Å². The fourth-order valence-electron chi connectivity index (χ4n) is 2.64. The van der Waals surface area contributed by atoms with Gasteiger partial charge in [0.15, 0.2) is 5.82 Å². The number of nitrogens with one attached hydrogen (secondary N) is 1. The number of benzene rings is 2. The number of halogens is 1. The van der Waals surface area contributed by atoms with Crippen molar-refractivity contribution in [3.63, 3.8) is 0 Å². The average Bonchev–Trinajstić information content (AvgIpc) is 2.88. The molecule has 0 amide bonds. The van der Waals surface area contributed by atoms with Crippen molar-refractivity contribution in [2.45, 2.75) is 0 Å². The van der Waals surface area contributed by atoms with Crippen LogP contribution >= 0.6 is 11.6 Å². The number of aryl methyl sites for hydroxylation is 1. The van der Waals surface area contributed by atoms with Crippen LogP contribution in [-0.4, -0.2) is 37.1 Å². The van der Waals surface area contributed by atoms with Crippen molar-refractivity contribution in [2.24, 2.45) is 7.05 Å². The molecule has 0 aliphatic carbocycles. The molecular weight excluding hydrogens is 324 g/mol. The monoisotopic (exact) mass is 344 g/mol. The lowest BCUT2D eigenvalue weighted by Crippen LogP contribution is -2.21. The summed E-state index contributed by atoms with van der Waals surface area (Å²) >= 11 is 6.07. The van der Waals surface area contributed by atoms with E-state index >= 15 is 0 Å². The summed E-state index contributed by atoms with van der Waals surface area (Å²) in [5, 5.41) is 9.72. The number of nitrogens with zero attached hydrogens (tertiary/aromatic N) is 3. The van der Waals surface area contributed by atoms with E-state index in [0.717, 1.165) is 34.6 Å². The van der Waals surface area contributed by atoms with Crippen LogP contribution in [-0.2, 0) is 11.8 Å². The van der Waals surface area contributed by atoms with Gasteiger partial charge in [0.25, 0.3) is 0 Å². The maximum Gasteiger partial charge on any atom is 0.160 e. The molecule has 1 heterocycles. The van der Waals surface area contributed by atoms with E-state index in [4.69, 9.17) is 16.3 Å². The molecule has 0 atom stereocenters. The largest absolute Gasteiger partial charge is 0.383 e. The van der Waals surface area contributed by atoms with Crippen LogP contribution in [0.2, 0.25) is 5.02 Å². The molecule has 3 aromatic rings. The minimum absolute atomic E-state index is 0.690. The maximum atomic E-state index is 6.07. The van der Waals surface area contributed by atoms with Gasteiger partial charge in [-0.05, 0) is 36.4 Å². The second-order valence-electron chi connectivity index (χ2n) is 5.72. The Hall–Kier alpha value is -2.24. The zero-order valence-corrected chi connectivity index (χ0v) is 14.8. The number of rotatable bonds is 6. The molecule has 24 heavy (non-hydrogen) atoms. The van der Waals surface area contributed by atoms with Crippen molar-refractivity contribution in [1.29, 1.82) is 0 Å². The lowest BCUT2D eigenvalue weighted by molar-refractivity contribution is 0.206. The number of hydrogen-bond donors (Lipinski definition) is 1. The van der Waals surface area contributed by atoms with Gasteiger partial charge in [-0.1, -0.05) is 17.7 Å². The SMILES string of the molecule is COCCN(C)c1ccc2c(c1)c(Nc1cccc(Cl)c1)nn2C. The highest BCUT2D eigenvalue weighted by molar-refractivity contribution is 6.30. The predicted molar refractivity (Wildman–Crippen MR) is 101 cm³/mol. The zero-order valence-electron chi connectivity index (χ0n) is 14.1. The van der Waals surface area contributed by atoms with Crippen LogP contribution < -0.4 is 10.2 Å². The third-order valence-electron chi connectivity index (χ3n) is 3.99. The van der Waals surface area contributed by atoms with E-state index in [-0.39, 0.29) is 0 Å². The van der Waals surface area contributed by atoms with E-state index in [1.165, 1.54) is 0 Å². The molecule has 0 spiro atoms. The third kappa shape index (κ3) is 3.47. The number of ether oxygens (including phenoxy) is 1. The minimum Gasteiger partial charge on any atom is -0.383 e. The molecule has 0 saturated carbocycles. The number of anilines is 3. The normalized spacial score (nSPS) is 11.0. The van der Waals surface area contributed by atoms with Gasteiger partial charge in [0, 0.05) is 49.5 Å². The van der Waals surface area contributed by atoms with Crippen LogP contribution in [0.1, 0.15) is 0 Å². The molecule has 0 saturated heterocycles. The molecule has 5 nitrogen and oxygen atoms in total. The molecule has 0 fully saturated rings. The van der Waals surface area contributed by atoms with E-state index in [0.29, 0.717) is 11.6 Å². The van der Waals surface area contributed by atoms with Gasteiger partial charge in [0.1, 0.15) is 0 Å². The Morgan fingerprint density at radius 3 is 2.83 bits per heavy atom. The highest BCUT2D eigenvalue weighted by Crippen LogP contribution is 2.29. The molecule has 1 aromatic heterocycles. The summed E-state index contributed by atoms with van der Waals surface area (Å²) in [6.45, 7) is 1.52. The fraction of sp³-hybridized carbons (Fsp3) is 0.278. The van der Waals surface area contributed by atoms with Gasteiger partial charge in [-0.3, -0.25) is 4.68 Å². The molecule has 0 bridgehead atoms. The fourth-order valence-corrected chi connectivity index (χ4v) is 2.83. The highest BCUT2D eigenvalue weighted by Gasteiger charge is 2.11. The first kappa shape index (κ1) is 16.6. The lowest BCUT2D eigenvalue weighted by atomic mass is 10.2. The van der Waals surface area contributed by atoms with Crippen molar-refractivity contribution in [2.75, 3.05) is 37.5 Å². The second kappa shape index (κ2) is 7.11. The number of likely N-dealkylation sites (N-methyl/N-ethyl adjacent to an activating group) is 1. The Balaban J connectivity index is 1.95. The number of aromatic nitrogens is 2. The van der Waals surface area contributed by atoms with Crippen LogP contribution in [0.15, 0.2) is 42.5 Å². The van der Waals surface area contributed by atoms with E-state index in [2.05, 4.69) is 40.6 Å². The lowest BCUT2D eigenvalue weighted by Gasteiger charge is -2.19. The summed E-state index contributed by atoms with van der Waals surface area (Å²) in [4.78, 5) is 2.17. The smallest absolute Gasteiger partial charge is 0.160 e. The molecule has 1 N–H and O–H groups in total. The Kier molecular flexibility index (Phi) is 4.92. The van der Waals surface area contributed by atoms with Gasteiger partial charge in [-0.2, -0.15) is 5.10 Å². The molecule has 3 rings (SSSR count). The van der Waals surface area contributed by atoms with Gasteiger partial charge in [0.05, 0.1) is 12.1 Å². The van der Waals surface area contributed by atoms with Gasteiger partial charge in [0.2, 0.25) is 0 Å². The molecule has 0 aliphatic rings. The van der Waals surface area contributed by atoms with Crippen molar-refractivity contribution in [3.8, 4) is 0 Å². The van der Waals surface area contributed by atoms with Crippen molar-refractivity contribution in [3.05, 3.63) is 47.5 Å². The highest BCUT2D eigenvalue weighted by atomic mass is 35.5. The van der Waals surface area contributed by atoms with Crippen molar-refractivity contribution < 1.29 is 4.74 Å². The summed E-state index contributed by atoms with van der Waals surface area (Å²) < 4.78 is 7.03. The van der Waals surface area contributed by atoms with Crippen LogP contribution in [0.3, 0.4) is 0 Å². The van der Waals surface area contributed by atoms with E-state index in [1.807, 2.05) is 36.0 Å². The summed E-state index contributed by atoms with van der Waals surface area (Å²) in [7, 11) is 5.71. The molecule has 126 valence electrons. The Labute approximate surface area is 146 Å². The predicted octanol–water partition coefficient (Wildman–Crippen LogP) is 4.05. The van der Waals surface area contributed by atoms with Gasteiger partial charge in [-0.15, -0.1) is 0 Å². The first-order chi connectivity index (χ1) is 11.6. The van der Waals surface area contributed by atoms with Crippen LogP contribution in [0.4, 0.5) is 17.2 Å². The summed E-state index contributed by atoms with van der Waals surface area (Å²) in [5.74, 6) is 0.816. The molecule has 0 unspecified atom stereocenters. The second-order valence-corrected chi connectivity index (χ2v) is 6.16. The van der Waals surface area contributed by atoms with Crippen molar-refractivity contribution in [1.82, 2.24) is 9.78 Å². The first-order valence-electron chi connectivity index (χ1n) is 7.78. The Morgan fingerprint density at radius 1 is 1.25 bits per heavy atom. The summed E-state index contributed by atoms with van der Waals surface area (Å²) in [5.41, 5.74) is 3.12. The Morgan fingerprint density at radius 2 is 2.08 bits per heavy atom. The molecule has 6 heteroatoms. The average molecular weight is 345 g/mol. The standard InChI is InChI=1S/C18H21ClN4O/c1-22(9-10-24-3)15-7-8-17-16(12-15)18(21-23(17)2)20-14-6-4-5-13(19)11-14/h4-8,11-12H,9-10H2,1-3H3,(H,20,21). The van der Waals surface area contributed by atoms with Gasteiger partial charge < -0.3 is 15.0 Å². The van der Waals surface area contributed by atoms with E-state index in [9.17, 15) is 0 Å². The molecule has 0 radical (unpaired) electrons. The molecule has 0 aliphatic heterocycles. The topological polar surface area (TPSA) is 42.3 Å². The molecular formula is C18H21ClN4O. The molecule has 2 aromatic carbocycles. The van der Waals surface area contributed by atoms with Gasteiger partial charge >= 0.3 is 0 Å². The first-order valence-corrected chi connectivity index (χ1v) is 8.15.